The van der Waals surface area contributed by atoms with Crippen molar-refractivity contribution in [3.63, 3.8) is 0 Å². The van der Waals surface area contributed by atoms with E-state index >= 15 is 0 Å². The zero-order valence-corrected chi connectivity index (χ0v) is 24.2. The molecule has 7 nitrogen and oxygen atoms in total. The summed E-state index contributed by atoms with van der Waals surface area (Å²) in [6.07, 6.45) is 4.55. The van der Waals surface area contributed by atoms with E-state index in [1.54, 1.807) is 11.3 Å². The van der Waals surface area contributed by atoms with E-state index in [0.29, 0.717) is 51.0 Å². The molecule has 0 bridgehead atoms. The van der Waals surface area contributed by atoms with E-state index in [1.807, 2.05) is 32.0 Å². The van der Waals surface area contributed by atoms with Gasteiger partial charge in [-0.1, -0.05) is 26.5 Å². The van der Waals surface area contributed by atoms with Crippen molar-refractivity contribution >= 4 is 39.0 Å². The van der Waals surface area contributed by atoms with Crippen LogP contribution in [0.2, 0.25) is 0 Å². The van der Waals surface area contributed by atoms with Gasteiger partial charge < -0.3 is 15.0 Å². The summed E-state index contributed by atoms with van der Waals surface area (Å²) in [7, 11) is 3.82. The van der Waals surface area contributed by atoms with Gasteiger partial charge in [-0.15, -0.1) is 11.3 Å². The minimum absolute atomic E-state index is 0.0312. The first kappa shape index (κ1) is 30.1. The summed E-state index contributed by atoms with van der Waals surface area (Å²) in [5.41, 5.74) is 2.77. The molecule has 0 unspecified atom stereocenters. The lowest BCUT2D eigenvalue weighted by atomic mass is 9.87. The molecule has 1 aliphatic heterocycles. The molecule has 0 radical (unpaired) electrons. The SMILES string of the molecule is C=C(CN(C)C)C(=O)CC[C@@H](NC(=O)[C@@H](CC(=O)CC)Cc1nc2ccc(CC)cc2s1)C1CCOCC1. The fraction of sp³-hybridized carbons (Fsp3) is 0.600. The molecule has 2 aromatic rings. The molecule has 0 aliphatic carbocycles. The molecule has 2 atom stereocenters. The number of Topliss-reactive ketones (excluding diaryl/α,β-unsaturated/α-hetero) is 2. The Morgan fingerprint density at radius 1 is 1.21 bits per heavy atom. The predicted molar refractivity (Wildman–Crippen MR) is 154 cm³/mol. The van der Waals surface area contributed by atoms with Crippen LogP contribution in [0.4, 0.5) is 0 Å². The van der Waals surface area contributed by atoms with Crippen LogP contribution in [0, 0.1) is 11.8 Å². The van der Waals surface area contributed by atoms with E-state index < -0.39 is 5.92 Å². The predicted octanol–water partition coefficient (Wildman–Crippen LogP) is 4.77. The Morgan fingerprint density at radius 3 is 2.61 bits per heavy atom. The molecule has 0 saturated carbocycles. The zero-order valence-electron chi connectivity index (χ0n) is 23.4. The highest BCUT2D eigenvalue weighted by molar-refractivity contribution is 7.18. The standard InChI is InChI=1S/C30H43N3O4S/c1-6-21-8-9-26-28(16-21)38-29(31-26)18-23(17-24(34)7-2)30(36)32-25(22-12-14-37-15-13-22)10-11-27(35)20(3)19-33(4)5/h8-9,16,22-23,25H,3,6-7,10-15,17-19H2,1-2,4-5H3,(H,32,36)/t23-,25+/m0/s1. The van der Waals surface area contributed by atoms with Crippen LogP contribution in [0.15, 0.2) is 30.4 Å². The Balaban J connectivity index is 1.75. The monoisotopic (exact) mass is 541 g/mol. The number of rotatable bonds is 15. The molecular formula is C30H43N3O4S. The molecule has 1 aliphatic rings. The van der Waals surface area contributed by atoms with Gasteiger partial charge in [0.15, 0.2) is 5.78 Å². The number of thiazole rings is 1. The number of aromatic nitrogens is 1. The first-order valence-corrected chi connectivity index (χ1v) is 14.7. The Labute approximate surface area is 231 Å². The van der Waals surface area contributed by atoms with E-state index in [2.05, 4.69) is 31.0 Å². The largest absolute Gasteiger partial charge is 0.381 e. The highest BCUT2D eigenvalue weighted by atomic mass is 32.1. The van der Waals surface area contributed by atoms with Gasteiger partial charge in [-0.25, -0.2) is 4.98 Å². The summed E-state index contributed by atoms with van der Waals surface area (Å²) in [6, 6.07) is 6.13. The molecule has 2 heterocycles. The first-order valence-electron chi connectivity index (χ1n) is 13.8. The van der Waals surface area contributed by atoms with Crippen LogP contribution < -0.4 is 5.32 Å². The molecule has 3 rings (SSSR count). The quantitative estimate of drug-likeness (QED) is 0.327. The molecule has 0 spiro atoms. The maximum atomic E-state index is 13.7. The number of amides is 1. The average Bonchev–Trinajstić information content (AvgIpc) is 3.31. The van der Waals surface area contributed by atoms with E-state index in [1.165, 1.54) is 5.56 Å². The van der Waals surface area contributed by atoms with Gasteiger partial charge >= 0.3 is 0 Å². The molecule has 38 heavy (non-hydrogen) atoms. The van der Waals surface area contributed by atoms with Crippen LogP contribution in [0.3, 0.4) is 0 Å². The number of carbonyl (C=O) groups excluding carboxylic acids is 3. The number of carbonyl (C=O) groups is 3. The number of ketones is 2. The van der Waals surface area contributed by atoms with E-state index in [0.717, 1.165) is 34.5 Å². The normalized spacial score (nSPS) is 15.9. The van der Waals surface area contributed by atoms with E-state index in [4.69, 9.17) is 9.72 Å². The van der Waals surface area contributed by atoms with Gasteiger partial charge in [0.1, 0.15) is 5.78 Å². The second-order valence-electron chi connectivity index (χ2n) is 10.6. The third kappa shape index (κ3) is 8.82. The zero-order chi connectivity index (χ0) is 27.7. The Hall–Kier alpha value is -2.42. The highest BCUT2D eigenvalue weighted by Crippen LogP contribution is 2.28. The van der Waals surface area contributed by atoms with Gasteiger partial charge in [0.05, 0.1) is 21.1 Å². The number of likely N-dealkylation sites (N-methyl/N-ethyl adjacent to an activating group) is 1. The third-order valence-corrected chi connectivity index (χ3v) is 8.35. The third-order valence-electron chi connectivity index (χ3n) is 7.31. The molecule has 208 valence electrons. The van der Waals surface area contributed by atoms with Crippen LogP contribution in [-0.2, 0) is 32.0 Å². The highest BCUT2D eigenvalue weighted by Gasteiger charge is 2.30. The van der Waals surface area contributed by atoms with Gasteiger partial charge in [0, 0.05) is 57.1 Å². The van der Waals surface area contributed by atoms with Crippen molar-refractivity contribution in [3.05, 3.63) is 40.9 Å². The van der Waals surface area contributed by atoms with Gasteiger partial charge in [-0.2, -0.15) is 0 Å². The Kier molecular flexibility index (Phi) is 11.6. The molecule has 1 aromatic carbocycles. The lowest BCUT2D eigenvalue weighted by molar-refractivity contribution is -0.130. The number of fused-ring (bicyclic) bond motifs is 1. The van der Waals surface area contributed by atoms with Gasteiger partial charge in [0.25, 0.3) is 0 Å². The van der Waals surface area contributed by atoms with Crippen molar-refractivity contribution in [2.24, 2.45) is 11.8 Å². The summed E-state index contributed by atoms with van der Waals surface area (Å²) in [5.74, 6) is -0.284. The molecule has 1 N–H and O–H groups in total. The summed E-state index contributed by atoms with van der Waals surface area (Å²) < 4.78 is 6.66. The van der Waals surface area contributed by atoms with E-state index in [-0.39, 0.29) is 35.9 Å². The fourth-order valence-electron chi connectivity index (χ4n) is 4.99. The summed E-state index contributed by atoms with van der Waals surface area (Å²) in [5, 5.41) is 4.13. The van der Waals surface area contributed by atoms with Crippen LogP contribution in [0.25, 0.3) is 10.2 Å². The van der Waals surface area contributed by atoms with Crippen molar-refractivity contribution < 1.29 is 19.1 Å². The van der Waals surface area contributed by atoms with Crippen LogP contribution in [0.1, 0.15) is 62.9 Å². The number of ether oxygens (including phenoxy) is 1. The molecule has 1 fully saturated rings. The lowest BCUT2D eigenvalue weighted by Crippen LogP contribution is -2.45. The van der Waals surface area contributed by atoms with Crippen molar-refractivity contribution in [3.8, 4) is 0 Å². The Morgan fingerprint density at radius 2 is 1.95 bits per heavy atom. The second kappa shape index (κ2) is 14.7. The maximum absolute atomic E-state index is 13.7. The molecule has 1 saturated heterocycles. The van der Waals surface area contributed by atoms with Crippen molar-refractivity contribution in [1.29, 1.82) is 0 Å². The summed E-state index contributed by atoms with van der Waals surface area (Å²) in [6.45, 7) is 9.74. The summed E-state index contributed by atoms with van der Waals surface area (Å²) >= 11 is 1.60. The van der Waals surface area contributed by atoms with Gasteiger partial charge in [0.2, 0.25) is 5.91 Å². The first-order chi connectivity index (χ1) is 18.2. The van der Waals surface area contributed by atoms with Crippen molar-refractivity contribution in [2.75, 3.05) is 33.9 Å². The van der Waals surface area contributed by atoms with Crippen LogP contribution >= 0.6 is 11.3 Å². The minimum atomic E-state index is -0.490. The van der Waals surface area contributed by atoms with Gasteiger partial charge in [-0.05, 0) is 63.4 Å². The maximum Gasteiger partial charge on any atom is 0.224 e. The van der Waals surface area contributed by atoms with Crippen LogP contribution in [0.5, 0.6) is 0 Å². The van der Waals surface area contributed by atoms with Crippen molar-refractivity contribution in [1.82, 2.24) is 15.2 Å². The molecule has 1 aromatic heterocycles. The molecule has 8 heteroatoms. The smallest absolute Gasteiger partial charge is 0.224 e. The number of aryl methyl sites for hydroxylation is 1. The summed E-state index contributed by atoms with van der Waals surface area (Å²) in [4.78, 5) is 45.6. The minimum Gasteiger partial charge on any atom is -0.381 e. The number of hydrogen-bond donors (Lipinski definition) is 1. The number of benzene rings is 1. The molecule has 1 amide bonds. The Bertz CT molecular complexity index is 1120. The van der Waals surface area contributed by atoms with E-state index in [9.17, 15) is 14.4 Å². The van der Waals surface area contributed by atoms with Crippen molar-refractivity contribution in [2.45, 2.75) is 71.3 Å². The second-order valence-corrected chi connectivity index (χ2v) is 11.7. The van der Waals surface area contributed by atoms with Gasteiger partial charge in [-0.3, -0.25) is 14.4 Å². The number of nitrogens with one attached hydrogen (secondary N) is 1. The average molecular weight is 542 g/mol. The lowest BCUT2D eigenvalue weighted by Gasteiger charge is -2.32. The topological polar surface area (TPSA) is 88.6 Å². The number of hydrogen-bond acceptors (Lipinski definition) is 7. The molecular weight excluding hydrogens is 498 g/mol. The fourth-order valence-corrected chi connectivity index (χ4v) is 6.10. The number of nitrogens with zero attached hydrogens (tertiary/aromatic N) is 2. The van der Waals surface area contributed by atoms with Crippen LogP contribution in [-0.4, -0.2) is 67.3 Å².